The van der Waals surface area contributed by atoms with E-state index in [2.05, 4.69) is 0 Å². The summed E-state index contributed by atoms with van der Waals surface area (Å²) >= 11 is 11.7. The molecule has 0 heterocycles. The molecule has 1 fully saturated rings. The third-order valence-corrected chi connectivity index (χ3v) is 6.48. The van der Waals surface area contributed by atoms with Crippen molar-refractivity contribution >= 4 is 33.0 Å². The van der Waals surface area contributed by atoms with Gasteiger partial charge in [0.1, 0.15) is 0 Å². The van der Waals surface area contributed by atoms with E-state index >= 15 is 0 Å². The van der Waals surface area contributed by atoms with E-state index in [-0.39, 0.29) is 10.8 Å². The van der Waals surface area contributed by atoms with Gasteiger partial charge in [-0.2, -0.15) is 0 Å². The van der Waals surface area contributed by atoms with Crippen molar-refractivity contribution in [2.75, 3.05) is 0 Å². The molecular weight excluding hydrogens is 329 g/mol. The number of hydrogen-bond donors (Lipinski definition) is 1. The molecule has 2 aromatic rings. The van der Waals surface area contributed by atoms with E-state index in [1.807, 2.05) is 6.07 Å². The molecule has 0 bridgehead atoms. The van der Waals surface area contributed by atoms with Gasteiger partial charge < -0.3 is 5.73 Å². The van der Waals surface area contributed by atoms with Crippen molar-refractivity contribution in [3.05, 3.63) is 64.1 Å². The topological polar surface area (TPSA) is 60.2 Å². The first-order chi connectivity index (χ1) is 9.91. The van der Waals surface area contributed by atoms with Crippen molar-refractivity contribution in [3.63, 3.8) is 0 Å². The monoisotopic (exact) mass is 341 g/mol. The van der Waals surface area contributed by atoms with E-state index < -0.39 is 21.1 Å². The molecule has 2 aromatic carbocycles. The van der Waals surface area contributed by atoms with Gasteiger partial charge in [0.15, 0.2) is 9.84 Å². The van der Waals surface area contributed by atoms with Crippen LogP contribution in [0.3, 0.4) is 0 Å². The van der Waals surface area contributed by atoms with Crippen LogP contribution in [0, 0.1) is 0 Å². The van der Waals surface area contributed by atoms with Gasteiger partial charge in [-0.1, -0.05) is 35.3 Å². The highest BCUT2D eigenvalue weighted by atomic mass is 35.5. The van der Waals surface area contributed by atoms with Gasteiger partial charge in [-0.05, 0) is 42.0 Å². The van der Waals surface area contributed by atoms with Crippen LogP contribution in [-0.2, 0) is 9.84 Å². The van der Waals surface area contributed by atoms with E-state index in [0.29, 0.717) is 10.0 Å². The number of rotatable bonds is 3. The fraction of sp³-hybridized carbons (Fsp3) is 0.200. The second kappa shape index (κ2) is 5.29. The standard InChI is InChI=1S/C15H13Cl2NO2S/c16-10-4-6-12(7-5-10)21(19,20)15-13(14(15)18)9-2-1-3-11(17)8-9/h1-8,13-15H,18H2/t13-,14+,15+/m0/s1. The number of halogens is 2. The SMILES string of the molecule is N[C@@H]1[C@H](c2cccc(Cl)c2)[C@H]1S(=O)(=O)c1ccc(Cl)cc1. The summed E-state index contributed by atoms with van der Waals surface area (Å²) in [5, 5.41) is 0.465. The number of nitrogens with two attached hydrogens (primary N) is 1. The summed E-state index contributed by atoms with van der Waals surface area (Å²) in [4.78, 5) is 0.247. The van der Waals surface area contributed by atoms with Crippen LogP contribution in [0.15, 0.2) is 53.4 Å². The van der Waals surface area contributed by atoms with Crippen LogP contribution >= 0.6 is 23.2 Å². The molecule has 0 unspecified atom stereocenters. The highest BCUT2D eigenvalue weighted by Gasteiger charge is 2.57. The second-order valence-electron chi connectivity index (χ2n) is 5.12. The van der Waals surface area contributed by atoms with Gasteiger partial charge in [-0.15, -0.1) is 0 Å². The van der Waals surface area contributed by atoms with E-state index in [1.54, 1.807) is 30.3 Å². The fourth-order valence-electron chi connectivity index (χ4n) is 2.61. The number of hydrogen-bond acceptors (Lipinski definition) is 3. The highest BCUT2D eigenvalue weighted by Crippen LogP contribution is 2.47. The molecular formula is C15H13Cl2NO2S. The van der Waals surface area contributed by atoms with Crippen LogP contribution in [0.2, 0.25) is 10.0 Å². The first kappa shape index (κ1) is 14.9. The Morgan fingerprint density at radius 3 is 2.24 bits per heavy atom. The summed E-state index contributed by atoms with van der Waals surface area (Å²) < 4.78 is 25.3. The summed E-state index contributed by atoms with van der Waals surface area (Å²) in [6, 6.07) is 12.9. The molecule has 3 atom stereocenters. The van der Waals surface area contributed by atoms with E-state index in [4.69, 9.17) is 28.9 Å². The van der Waals surface area contributed by atoms with Gasteiger partial charge in [0.25, 0.3) is 0 Å². The molecule has 0 saturated heterocycles. The normalized spacial score (nSPS) is 24.8. The average Bonchev–Trinajstić information content (AvgIpc) is 3.12. The summed E-state index contributed by atoms with van der Waals surface area (Å²) in [7, 11) is -3.47. The Morgan fingerprint density at radius 2 is 1.62 bits per heavy atom. The molecule has 1 aliphatic carbocycles. The Labute approximate surface area is 133 Å². The van der Waals surface area contributed by atoms with Crippen LogP contribution in [0.25, 0.3) is 0 Å². The van der Waals surface area contributed by atoms with Gasteiger partial charge in [0.2, 0.25) is 0 Å². The minimum absolute atomic E-state index is 0.218. The maximum absolute atomic E-state index is 12.6. The van der Waals surface area contributed by atoms with E-state index in [1.165, 1.54) is 12.1 Å². The number of benzene rings is 2. The lowest BCUT2D eigenvalue weighted by atomic mass is 10.1. The van der Waals surface area contributed by atoms with E-state index in [9.17, 15) is 8.42 Å². The third-order valence-electron chi connectivity index (χ3n) is 3.74. The molecule has 2 N–H and O–H groups in total. The minimum atomic E-state index is -3.47. The first-order valence-electron chi connectivity index (χ1n) is 6.42. The van der Waals surface area contributed by atoms with Gasteiger partial charge in [-0.3, -0.25) is 0 Å². The van der Waals surface area contributed by atoms with Crippen LogP contribution in [0.4, 0.5) is 0 Å². The molecule has 3 rings (SSSR count). The Morgan fingerprint density at radius 1 is 0.952 bits per heavy atom. The zero-order chi connectivity index (χ0) is 15.2. The minimum Gasteiger partial charge on any atom is -0.326 e. The van der Waals surface area contributed by atoms with Crippen molar-refractivity contribution < 1.29 is 8.42 Å². The molecule has 0 spiro atoms. The number of sulfone groups is 1. The lowest BCUT2D eigenvalue weighted by molar-refractivity contribution is 0.593. The maximum atomic E-state index is 12.6. The zero-order valence-corrected chi connectivity index (χ0v) is 13.2. The smallest absolute Gasteiger partial charge is 0.183 e. The average molecular weight is 342 g/mol. The molecule has 1 saturated carbocycles. The molecule has 6 heteroatoms. The zero-order valence-electron chi connectivity index (χ0n) is 10.9. The summed E-state index contributed by atoms with van der Waals surface area (Å²) in [5.74, 6) is -0.218. The van der Waals surface area contributed by atoms with Gasteiger partial charge in [-0.25, -0.2) is 8.42 Å². The third kappa shape index (κ3) is 2.69. The van der Waals surface area contributed by atoms with Crippen LogP contribution < -0.4 is 5.73 Å². The summed E-state index contributed by atoms with van der Waals surface area (Å²) in [5.41, 5.74) is 6.86. The van der Waals surface area contributed by atoms with Crippen molar-refractivity contribution in [2.24, 2.45) is 5.73 Å². The van der Waals surface area contributed by atoms with Crippen LogP contribution in [-0.4, -0.2) is 19.7 Å². The lowest BCUT2D eigenvalue weighted by Crippen LogP contribution is -2.15. The second-order valence-corrected chi connectivity index (χ2v) is 8.10. The Bertz CT molecular complexity index is 775. The summed E-state index contributed by atoms with van der Waals surface area (Å²) in [6.45, 7) is 0. The molecule has 0 amide bonds. The first-order valence-corrected chi connectivity index (χ1v) is 8.72. The molecule has 0 radical (unpaired) electrons. The van der Waals surface area contributed by atoms with Crippen molar-refractivity contribution in [1.29, 1.82) is 0 Å². The van der Waals surface area contributed by atoms with Gasteiger partial charge >= 0.3 is 0 Å². The maximum Gasteiger partial charge on any atom is 0.183 e. The van der Waals surface area contributed by atoms with Crippen LogP contribution in [0.1, 0.15) is 11.5 Å². The molecule has 0 aliphatic heterocycles. The fourth-order valence-corrected chi connectivity index (χ4v) is 4.98. The molecule has 21 heavy (non-hydrogen) atoms. The van der Waals surface area contributed by atoms with Crippen molar-refractivity contribution in [2.45, 2.75) is 22.1 Å². The molecule has 3 nitrogen and oxygen atoms in total. The van der Waals surface area contributed by atoms with E-state index in [0.717, 1.165) is 5.56 Å². The van der Waals surface area contributed by atoms with Gasteiger partial charge in [0.05, 0.1) is 10.1 Å². The predicted octanol–water partition coefficient (Wildman–Crippen LogP) is 3.26. The van der Waals surface area contributed by atoms with Crippen molar-refractivity contribution in [1.82, 2.24) is 0 Å². The summed E-state index contributed by atoms with van der Waals surface area (Å²) in [6.07, 6.45) is 0. The molecule has 110 valence electrons. The largest absolute Gasteiger partial charge is 0.326 e. The Kier molecular flexibility index (Phi) is 3.74. The molecule has 1 aliphatic rings. The van der Waals surface area contributed by atoms with Gasteiger partial charge in [0, 0.05) is 22.0 Å². The Balaban J connectivity index is 1.93. The quantitative estimate of drug-likeness (QED) is 0.931. The predicted molar refractivity (Wildman–Crippen MR) is 84.6 cm³/mol. The highest BCUT2D eigenvalue weighted by molar-refractivity contribution is 7.92. The molecule has 0 aromatic heterocycles. The van der Waals surface area contributed by atoms with Crippen LogP contribution in [0.5, 0.6) is 0 Å². The van der Waals surface area contributed by atoms with Crippen molar-refractivity contribution in [3.8, 4) is 0 Å². The lowest BCUT2D eigenvalue weighted by Gasteiger charge is -2.04. The Hall–Kier alpha value is -1.07.